The van der Waals surface area contributed by atoms with E-state index in [1.165, 1.54) is 0 Å². The average Bonchev–Trinajstić information content (AvgIpc) is 2.38. The van der Waals surface area contributed by atoms with Crippen LogP contribution in [0.15, 0.2) is 18.2 Å². The molecule has 0 saturated heterocycles. The third kappa shape index (κ3) is 3.75. The number of aliphatic hydroxyl groups is 1. The Morgan fingerprint density at radius 2 is 2.18 bits per heavy atom. The van der Waals surface area contributed by atoms with E-state index in [1.54, 1.807) is 25.3 Å². The molecule has 0 unspecified atom stereocenters. The summed E-state index contributed by atoms with van der Waals surface area (Å²) in [5.74, 6) is 0.412. The van der Waals surface area contributed by atoms with Crippen LogP contribution in [0.4, 0.5) is 0 Å². The number of carbonyl (C=O) groups excluding carboxylic acids is 1. The molecule has 0 aliphatic carbocycles. The molecule has 0 spiro atoms. The summed E-state index contributed by atoms with van der Waals surface area (Å²) in [5, 5.41) is 8.59. The minimum Gasteiger partial charge on any atom is -0.496 e. The van der Waals surface area contributed by atoms with Gasteiger partial charge in [0.05, 0.1) is 19.3 Å². The maximum absolute atomic E-state index is 11.6. The number of aryl methyl sites for hydroxylation is 1. The van der Waals surface area contributed by atoms with Gasteiger partial charge in [0, 0.05) is 13.0 Å². The van der Waals surface area contributed by atoms with Gasteiger partial charge in [-0.2, -0.15) is 0 Å². The zero-order valence-electron chi connectivity index (χ0n) is 10.2. The van der Waals surface area contributed by atoms with Gasteiger partial charge < -0.3 is 14.6 Å². The van der Waals surface area contributed by atoms with Gasteiger partial charge in [-0.3, -0.25) is 0 Å². The normalized spacial score (nSPS) is 10.1. The molecule has 0 amide bonds. The predicted octanol–water partition coefficient (Wildman–Crippen LogP) is 1.80. The number of carbonyl (C=O) groups is 1. The number of methoxy groups -OCH3 is 1. The molecule has 4 heteroatoms. The van der Waals surface area contributed by atoms with Crippen LogP contribution < -0.4 is 4.74 Å². The van der Waals surface area contributed by atoms with Gasteiger partial charge in [-0.15, -0.1) is 0 Å². The third-order valence-corrected chi connectivity index (χ3v) is 2.43. The summed E-state index contributed by atoms with van der Waals surface area (Å²) < 4.78 is 10.2. The Morgan fingerprint density at radius 1 is 1.41 bits per heavy atom. The van der Waals surface area contributed by atoms with E-state index < -0.39 is 0 Å². The molecular formula is C13H18O4. The highest BCUT2D eigenvalue weighted by atomic mass is 16.5. The number of esters is 1. The third-order valence-electron chi connectivity index (χ3n) is 2.43. The molecule has 0 radical (unpaired) electrons. The van der Waals surface area contributed by atoms with Crippen molar-refractivity contribution >= 4 is 5.97 Å². The van der Waals surface area contributed by atoms with Crippen molar-refractivity contribution in [2.75, 3.05) is 20.3 Å². The number of ether oxygens (including phenoxy) is 2. The van der Waals surface area contributed by atoms with Gasteiger partial charge in [-0.25, -0.2) is 4.79 Å². The smallest absolute Gasteiger partial charge is 0.338 e. The van der Waals surface area contributed by atoms with Crippen molar-refractivity contribution in [1.82, 2.24) is 0 Å². The lowest BCUT2D eigenvalue weighted by Gasteiger charge is -2.09. The Kier molecular flexibility index (Phi) is 5.49. The number of hydrogen-bond acceptors (Lipinski definition) is 4. The first kappa shape index (κ1) is 13.5. The van der Waals surface area contributed by atoms with Crippen molar-refractivity contribution in [3.05, 3.63) is 29.3 Å². The molecule has 4 nitrogen and oxygen atoms in total. The number of aliphatic hydroxyl groups excluding tert-OH is 1. The fourth-order valence-electron chi connectivity index (χ4n) is 1.49. The van der Waals surface area contributed by atoms with Crippen molar-refractivity contribution in [3.63, 3.8) is 0 Å². The van der Waals surface area contributed by atoms with Crippen molar-refractivity contribution in [2.24, 2.45) is 0 Å². The average molecular weight is 238 g/mol. The molecule has 0 heterocycles. The van der Waals surface area contributed by atoms with Crippen LogP contribution in [0.2, 0.25) is 0 Å². The second-order valence-electron chi connectivity index (χ2n) is 3.59. The lowest BCUT2D eigenvalue weighted by Crippen LogP contribution is -2.08. The van der Waals surface area contributed by atoms with E-state index in [2.05, 4.69) is 0 Å². The van der Waals surface area contributed by atoms with E-state index in [0.717, 1.165) is 17.7 Å². The minimum absolute atomic E-state index is 0.0239. The van der Waals surface area contributed by atoms with Crippen LogP contribution in [0, 0.1) is 0 Å². The molecule has 0 aliphatic rings. The first-order chi connectivity index (χ1) is 8.22. The predicted molar refractivity (Wildman–Crippen MR) is 64.4 cm³/mol. The molecular weight excluding hydrogens is 220 g/mol. The Balaban J connectivity index is 2.74. The van der Waals surface area contributed by atoms with Gasteiger partial charge >= 0.3 is 5.97 Å². The molecule has 1 aromatic carbocycles. The Morgan fingerprint density at radius 3 is 2.76 bits per heavy atom. The summed E-state index contributed by atoms with van der Waals surface area (Å²) in [7, 11) is 1.60. The molecule has 0 atom stereocenters. The Hall–Kier alpha value is -1.55. The highest BCUT2D eigenvalue weighted by Crippen LogP contribution is 2.20. The van der Waals surface area contributed by atoms with Gasteiger partial charge in [0.15, 0.2) is 0 Å². The number of rotatable bonds is 6. The van der Waals surface area contributed by atoms with Gasteiger partial charge in [-0.05, 0) is 30.2 Å². The largest absolute Gasteiger partial charge is 0.496 e. The summed E-state index contributed by atoms with van der Waals surface area (Å²) in [6.45, 7) is 2.26. The van der Waals surface area contributed by atoms with Gasteiger partial charge in [0.1, 0.15) is 5.75 Å². The molecule has 1 N–H and O–H groups in total. The topological polar surface area (TPSA) is 55.8 Å². The fraction of sp³-hybridized carbons (Fsp3) is 0.462. The van der Waals surface area contributed by atoms with E-state index in [1.807, 2.05) is 6.92 Å². The van der Waals surface area contributed by atoms with E-state index >= 15 is 0 Å². The number of benzene rings is 1. The maximum Gasteiger partial charge on any atom is 0.338 e. The van der Waals surface area contributed by atoms with Crippen molar-refractivity contribution in [3.8, 4) is 5.75 Å². The SMILES string of the molecule is CCc1cc(C(=O)OCCCO)ccc1OC. The van der Waals surface area contributed by atoms with Crippen LogP contribution in [-0.4, -0.2) is 31.4 Å². The molecule has 17 heavy (non-hydrogen) atoms. The van der Waals surface area contributed by atoms with Crippen LogP contribution >= 0.6 is 0 Å². The highest BCUT2D eigenvalue weighted by Gasteiger charge is 2.10. The van der Waals surface area contributed by atoms with Crippen LogP contribution in [0.5, 0.6) is 5.75 Å². The fourth-order valence-corrected chi connectivity index (χ4v) is 1.49. The van der Waals surface area contributed by atoms with E-state index in [9.17, 15) is 4.79 Å². The maximum atomic E-state index is 11.6. The minimum atomic E-state index is -0.365. The second kappa shape index (κ2) is 6.91. The summed E-state index contributed by atoms with van der Waals surface area (Å²) in [6, 6.07) is 5.22. The molecule has 1 rings (SSSR count). The van der Waals surface area contributed by atoms with Crippen LogP contribution in [0.1, 0.15) is 29.3 Å². The van der Waals surface area contributed by atoms with Crippen molar-refractivity contribution in [1.29, 1.82) is 0 Å². The van der Waals surface area contributed by atoms with Crippen LogP contribution in [0.3, 0.4) is 0 Å². The zero-order chi connectivity index (χ0) is 12.7. The Labute approximate surface area is 101 Å². The summed E-state index contributed by atoms with van der Waals surface area (Å²) in [4.78, 5) is 11.6. The molecule has 0 bridgehead atoms. The summed E-state index contributed by atoms with van der Waals surface area (Å²) in [6.07, 6.45) is 1.25. The molecule has 94 valence electrons. The van der Waals surface area contributed by atoms with E-state index in [0.29, 0.717) is 12.0 Å². The van der Waals surface area contributed by atoms with Crippen molar-refractivity contribution in [2.45, 2.75) is 19.8 Å². The summed E-state index contributed by atoms with van der Waals surface area (Å²) >= 11 is 0. The number of hydrogen-bond donors (Lipinski definition) is 1. The summed E-state index contributed by atoms with van der Waals surface area (Å²) in [5.41, 5.74) is 1.49. The standard InChI is InChI=1S/C13H18O4/c1-3-10-9-11(5-6-12(10)16-2)13(15)17-8-4-7-14/h5-6,9,14H,3-4,7-8H2,1-2H3. The second-order valence-corrected chi connectivity index (χ2v) is 3.59. The molecule has 0 saturated carbocycles. The quantitative estimate of drug-likeness (QED) is 0.606. The molecule has 0 aliphatic heterocycles. The molecule has 0 aromatic heterocycles. The monoisotopic (exact) mass is 238 g/mol. The Bertz CT molecular complexity index is 374. The van der Waals surface area contributed by atoms with Gasteiger partial charge in [-0.1, -0.05) is 6.92 Å². The lowest BCUT2D eigenvalue weighted by atomic mass is 10.1. The zero-order valence-corrected chi connectivity index (χ0v) is 10.2. The van der Waals surface area contributed by atoms with E-state index in [-0.39, 0.29) is 19.2 Å². The first-order valence-electron chi connectivity index (χ1n) is 5.67. The van der Waals surface area contributed by atoms with Crippen LogP contribution in [0.25, 0.3) is 0 Å². The molecule has 1 aromatic rings. The molecule has 0 fully saturated rings. The highest BCUT2D eigenvalue weighted by molar-refractivity contribution is 5.89. The van der Waals surface area contributed by atoms with E-state index in [4.69, 9.17) is 14.6 Å². The first-order valence-corrected chi connectivity index (χ1v) is 5.67. The van der Waals surface area contributed by atoms with Gasteiger partial charge in [0.2, 0.25) is 0 Å². The lowest BCUT2D eigenvalue weighted by molar-refractivity contribution is 0.0482. The van der Waals surface area contributed by atoms with Gasteiger partial charge in [0.25, 0.3) is 0 Å². The van der Waals surface area contributed by atoms with Crippen molar-refractivity contribution < 1.29 is 19.4 Å². The van der Waals surface area contributed by atoms with Crippen LogP contribution in [-0.2, 0) is 11.2 Å².